The summed E-state index contributed by atoms with van der Waals surface area (Å²) in [5.74, 6) is -2.70. The summed E-state index contributed by atoms with van der Waals surface area (Å²) in [6, 6.07) is 4.96. The number of ether oxygens (including phenoxy) is 1. The maximum atomic E-state index is 14.8. The number of carbonyl (C=O) groups is 2. The van der Waals surface area contributed by atoms with E-state index in [9.17, 15) is 19.1 Å². The number of halogens is 1. The molecule has 1 atom stereocenters. The van der Waals surface area contributed by atoms with E-state index in [1.54, 1.807) is 26.0 Å². The molecule has 1 amide bonds. The number of benzene rings is 1. The monoisotopic (exact) mass is 459 g/mol. The fraction of sp³-hybridized carbons (Fsp3) is 0.435. The molecular formula is C23H26FN3O4S. The average molecular weight is 460 g/mol. The molecule has 4 rings (SSSR count). The summed E-state index contributed by atoms with van der Waals surface area (Å²) in [5, 5.41) is 13.7. The fourth-order valence-electron chi connectivity index (χ4n) is 4.39. The van der Waals surface area contributed by atoms with E-state index in [1.165, 1.54) is 33.3 Å². The lowest BCUT2D eigenvalue weighted by Gasteiger charge is -2.29. The number of hydrogen-bond donors (Lipinski definition) is 1. The molecule has 170 valence electrons. The topological polar surface area (TPSA) is 87.0 Å². The summed E-state index contributed by atoms with van der Waals surface area (Å²) in [7, 11) is 0. The highest BCUT2D eigenvalue weighted by atomic mass is 32.1. The van der Waals surface area contributed by atoms with Crippen LogP contribution in [0, 0.1) is 19.7 Å². The fourth-order valence-corrected chi connectivity index (χ4v) is 5.27. The second-order valence-electron chi connectivity index (χ2n) is 8.11. The van der Waals surface area contributed by atoms with E-state index >= 15 is 0 Å². The van der Waals surface area contributed by atoms with Crippen molar-refractivity contribution < 1.29 is 28.7 Å². The Morgan fingerprint density at radius 2 is 2.03 bits per heavy atom. The van der Waals surface area contributed by atoms with Crippen molar-refractivity contribution >= 4 is 23.0 Å². The van der Waals surface area contributed by atoms with Gasteiger partial charge in [0.05, 0.1) is 41.4 Å². The third-order valence-corrected chi connectivity index (χ3v) is 7.04. The van der Waals surface area contributed by atoms with Crippen molar-refractivity contribution in [1.29, 1.82) is 0 Å². The first-order chi connectivity index (χ1) is 15.4. The lowest BCUT2D eigenvalue weighted by Crippen LogP contribution is -3.14. The number of Topliss-reactive ketones (excluding diaryl/α,β-unsaturated/α-hetero) is 1. The highest BCUT2D eigenvalue weighted by Gasteiger charge is 2.41. The zero-order chi connectivity index (χ0) is 22.8. The Labute approximate surface area is 190 Å². The van der Waals surface area contributed by atoms with E-state index in [2.05, 4.69) is 4.98 Å². The van der Waals surface area contributed by atoms with E-state index < -0.39 is 29.3 Å². The molecule has 2 aromatic rings. The van der Waals surface area contributed by atoms with Crippen LogP contribution in [0.2, 0.25) is 0 Å². The Morgan fingerprint density at radius 3 is 2.69 bits per heavy atom. The van der Waals surface area contributed by atoms with E-state index in [1.807, 2.05) is 0 Å². The van der Waals surface area contributed by atoms with Crippen molar-refractivity contribution in [1.82, 2.24) is 9.88 Å². The Morgan fingerprint density at radius 1 is 1.31 bits per heavy atom. The molecule has 1 saturated heterocycles. The summed E-state index contributed by atoms with van der Waals surface area (Å²) in [6.07, 6.45) is 0.638. The Balaban J connectivity index is 1.65. The second-order valence-corrected chi connectivity index (χ2v) is 9.31. The van der Waals surface area contributed by atoms with Crippen molar-refractivity contribution in [3.8, 4) is 0 Å². The molecule has 9 heteroatoms. The van der Waals surface area contributed by atoms with Crippen molar-refractivity contribution in [3.63, 3.8) is 0 Å². The third kappa shape index (κ3) is 4.32. The third-order valence-electron chi connectivity index (χ3n) is 5.97. The van der Waals surface area contributed by atoms with Crippen LogP contribution in [0.3, 0.4) is 0 Å². The molecule has 1 unspecified atom stereocenters. The van der Waals surface area contributed by atoms with Gasteiger partial charge in [-0.05, 0) is 25.7 Å². The summed E-state index contributed by atoms with van der Waals surface area (Å²) >= 11 is 1.18. The van der Waals surface area contributed by atoms with Gasteiger partial charge in [0.25, 0.3) is 0 Å². The van der Waals surface area contributed by atoms with Crippen LogP contribution in [-0.4, -0.2) is 61.0 Å². The molecule has 0 radical (unpaired) electrons. The minimum absolute atomic E-state index is 0.160. The van der Waals surface area contributed by atoms with Gasteiger partial charge in [0.15, 0.2) is 0 Å². The number of hydrogen-bond acceptors (Lipinski definition) is 6. The van der Waals surface area contributed by atoms with Gasteiger partial charge in [0.1, 0.15) is 18.9 Å². The van der Waals surface area contributed by atoms with Gasteiger partial charge in [-0.15, -0.1) is 11.3 Å². The van der Waals surface area contributed by atoms with Gasteiger partial charge in [0, 0.05) is 24.1 Å². The Kier molecular flexibility index (Phi) is 6.68. The van der Waals surface area contributed by atoms with Crippen molar-refractivity contribution in [3.05, 3.63) is 62.6 Å². The van der Waals surface area contributed by atoms with Gasteiger partial charge in [-0.2, -0.15) is 0 Å². The van der Waals surface area contributed by atoms with Crippen LogP contribution < -0.4 is 10.0 Å². The zero-order valence-electron chi connectivity index (χ0n) is 18.2. The first-order valence-electron chi connectivity index (χ1n) is 10.7. The predicted octanol–water partition coefficient (Wildman–Crippen LogP) is 0.585. The number of nitrogens with zero attached hydrogens (tertiary/aromatic N) is 2. The number of aryl methyl sites for hydroxylation is 2. The van der Waals surface area contributed by atoms with Crippen molar-refractivity contribution in [2.24, 2.45) is 0 Å². The number of morpholine rings is 1. The summed E-state index contributed by atoms with van der Waals surface area (Å²) < 4.78 is 20.2. The first kappa shape index (κ1) is 22.6. The molecule has 7 nitrogen and oxygen atoms in total. The second kappa shape index (κ2) is 9.48. The van der Waals surface area contributed by atoms with Gasteiger partial charge in [-0.3, -0.25) is 9.59 Å². The van der Waals surface area contributed by atoms with Gasteiger partial charge < -0.3 is 19.6 Å². The maximum Gasteiger partial charge on any atom is 0.239 e. The molecule has 1 aromatic heterocycles. The maximum absolute atomic E-state index is 14.8. The summed E-state index contributed by atoms with van der Waals surface area (Å²) in [5.41, 5.74) is 0.477. The van der Waals surface area contributed by atoms with E-state index in [-0.39, 0.29) is 17.7 Å². The van der Waals surface area contributed by atoms with Crippen LogP contribution in [0.4, 0.5) is 4.39 Å². The molecule has 1 N–H and O–H groups in total. The molecule has 3 heterocycles. The number of thiazole rings is 1. The van der Waals surface area contributed by atoms with Gasteiger partial charge >= 0.3 is 0 Å². The van der Waals surface area contributed by atoms with Gasteiger partial charge in [-0.25, -0.2) is 9.37 Å². The molecule has 32 heavy (non-hydrogen) atoms. The lowest BCUT2D eigenvalue weighted by molar-refractivity contribution is -0.908. The average Bonchev–Trinajstić information content (AvgIpc) is 3.25. The molecule has 1 aromatic carbocycles. The highest BCUT2D eigenvalue weighted by molar-refractivity contribution is 7.14. The standard InChI is InChI=1S/C23H26FN3O4S/c1-14-22(32-15(2)25-14)20(28)18-19(16-6-3-4-7-17(16)24)27(23(30)21(18)29)9-5-8-26-10-12-31-13-11-26/h3-4,6-7,19,29H,5,8-13H2,1-2H3. The van der Waals surface area contributed by atoms with Gasteiger partial charge in [-0.1, -0.05) is 18.2 Å². The van der Waals surface area contributed by atoms with Crippen LogP contribution in [0.1, 0.15) is 38.4 Å². The number of amides is 1. The molecule has 2 aliphatic heterocycles. The van der Waals surface area contributed by atoms with Crippen molar-refractivity contribution in [2.75, 3.05) is 39.4 Å². The minimum atomic E-state index is -1.04. The number of nitrogens with one attached hydrogen (secondary N) is 1. The van der Waals surface area contributed by atoms with Crippen LogP contribution in [0.15, 0.2) is 35.6 Å². The smallest absolute Gasteiger partial charge is 0.239 e. The minimum Gasteiger partial charge on any atom is -0.868 e. The van der Waals surface area contributed by atoms with Crippen LogP contribution >= 0.6 is 11.3 Å². The van der Waals surface area contributed by atoms with E-state index in [0.29, 0.717) is 35.2 Å². The molecular weight excluding hydrogens is 433 g/mol. The van der Waals surface area contributed by atoms with Crippen molar-refractivity contribution in [2.45, 2.75) is 26.3 Å². The van der Waals surface area contributed by atoms with Crippen LogP contribution in [0.25, 0.3) is 0 Å². The molecule has 1 fully saturated rings. The van der Waals surface area contributed by atoms with Crippen LogP contribution in [0.5, 0.6) is 0 Å². The van der Waals surface area contributed by atoms with Gasteiger partial charge in [0.2, 0.25) is 11.7 Å². The Bertz CT molecular complexity index is 1060. The normalized spacial score (nSPS) is 19.8. The predicted molar refractivity (Wildman–Crippen MR) is 115 cm³/mol. The lowest BCUT2D eigenvalue weighted by atomic mass is 9.94. The number of ketones is 1. The molecule has 0 spiro atoms. The molecule has 2 aliphatic rings. The first-order valence-corrected chi connectivity index (χ1v) is 11.6. The summed E-state index contributed by atoms with van der Waals surface area (Å²) in [6.45, 7) is 7.73. The largest absolute Gasteiger partial charge is 0.868 e. The van der Waals surface area contributed by atoms with Crippen LogP contribution in [-0.2, 0) is 9.53 Å². The molecule has 0 aliphatic carbocycles. The number of aromatic nitrogens is 1. The van der Waals surface area contributed by atoms with E-state index in [4.69, 9.17) is 4.74 Å². The zero-order valence-corrected chi connectivity index (χ0v) is 19.0. The quantitative estimate of drug-likeness (QED) is 0.613. The molecule has 0 bridgehead atoms. The Hall–Kier alpha value is -2.62. The molecule has 0 saturated carbocycles. The van der Waals surface area contributed by atoms with E-state index in [0.717, 1.165) is 19.6 Å². The highest BCUT2D eigenvalue weighted by Crippen LogP contribution is 2.40. The number of rotatable bonds is 7. The SMILES string of the molecule is Cc1nc(C)c(C(=O)C2=C([O-])C(=O)N(CCC[NH+]3CCOCC3)C2c2ccccc2F)s1. The number of carbonyl (C=O) groups excluding carboxylic acids is 2. The summed E-state index contributed by atoms with van der Waals surface area (Å²) in [4.78, 5) is 33.7. The number of quaternary nitrogens is 1.